The zero-order valence-corrected chi connectivity index (χ0v) is 7.55. The smallest absolute Gasteiger partial charge is 0.241 e. The van der Waals surface area contributed by atoms with E-state index in [1.165, 1.54) is 6.08 Å². The van der Waals surface area contributed by atoms with Gasteiger partial charge in [0, 0.05) is 0 Å². The van der Waals surface area contributed by atoms with Gasteiger partial charge in [-0.2, -0.15) is 0 Å². The van der Waals surface area contributed by atoms with Crippen LogP contribution < -0.4 is 5.73 Å². The normalized spacial score (nSPS) is 12.3. The fourth-order valence-corrected chi connectivity index (χ4v) is 0.716. The van der Waals surface area contributed by atoms with Crippen LogP contribution in [0.3, 0.4) is 0 Å². The van der Waals surface area contributed by atoms with Gasteiger partial charge in [-0.1, -0.05) is 26.8 Å². The first-order valence-corrected chi connectivity index (χ1v) is 3.88. The van der Waals surface area contributed by atoms with Gasteiger partial charge < -0.3 is 5.73 Å². The minimum atomic E-state index is -0.362. The number of carbonyl (C=O) groups is 1. The average Bonchev–Trinajstić information content (AvgIpc) is 1.78. The number of carbonyl (C=O) groups excluding carboxylic acids is 1. The molecule has 0 aromatic rings. The standard InChI is InChI=1S/C9H17NO/c1-9(2,3)7-5-4-6-8(10)11/h4,6H,5,7H2,1-3H3,(H2,10,11)/b6-4+. The van der Waals surface area contributed by atoms with Gasteiger partial charge in [0.05, 0.1) is 0 Å². The molecule has 0 fully saturated rings. The molecule has 0 aliphatic carbocycles. The third kappa shape index (κ3) is 9.21. The van der Waals surface area contributed by atoms with Crippen LogP contribution in [0.15, 0.2) is 12.2 Å². The van der Waals surface area contributed by atoms with E-state index in [1.807, 2.05) is 6.08 Å². The van der Waals surface area contributed by atoms with Crippen molar-refractivity contribution in [3.05, 3.63) is 12.2 Å². The van der Waals surface area contributed by atoms with Crippen molar-refractivity contribution >= 4 is 5.91 Å². The number of nitrogens with two attached hydrogens (primary N) is 1. The van der Waals surface area contributed by atoms with Crippen LogP contribution in [0, 0.1) is 5.41 Å². The fourth-order valence-electron chi connectivity index (χ4n) is 0.716. The van der Waals surface area contributed by atoms with E-state index in [0.29, 0.717) is 5.41 Å². The van der Waals surface area contributed by atoms with E-state index >= 15 is 0 Å². The number of allylic oxidation sites excluding steroid dienone is 1. The van der Waals surface area contributed by atoms with E-state index in [1.54, 1.807) is 0 Å². The molecule has 0 rings (SSSR count). The first-order valence-electron chi connectivity index (χ1n) is 3.88. The first kappa shape index (κ1) is 10.2. The lowest BCUT2D eigenvalue weighted by molar-refractivity contribution is -0.113. The molecule has 64 valence electrons. The molecule has 1 amide bonds. The van der Waals surface area contributed by atoms with Crippen LogP contribution in [0.2, 0.25) is 0 Å². The Morgan fingerprint density at radius 2 is 2.00 bits per heavy atom. The molecule has 0 saturated heterocycles. The Morgan fingerprint density at radius 3 is 2.36 bits per heavy atom. The highest BCUT2D eigenvalue weighted by Gasteiger charge is 2.07. The van der Waals surface area contributed by atoms with E-state index in [2.05, 4.69) is 20.8 Å². The van der Waals surface area contributed by atoms with Crippen molar-refractivity contribution in [3.8, 4) is 0 Å². The molecule has 11 heavy (non-hydrogen) atoms. The Bertz CT molecular complexity index is 153. The summed E-state index contributed by atoms with van der Waals surface area (Å²) in [5.41, 5.74) is 5.25. The fraction of sp³-hybridized carbons (Fsp3) is 0.667. The van der Waals surface area contributed by atoms with Gasteiger partial charge in [0.15, 0.2) is 0 Å². The third-order valence-corrected chi connectivity index (χ3v) is 1.34. The van der Waals surface area contributed by atoms with E-state index in [9.17, 15) is 4.79 Å². The maximum Gasteiger partial charge on any atom is 0.241 e. The molecule has 0 aromatic carbocycles. The molecule has 0 spiro atoms. The molecule has 0 bridgehead atoms. The van der Waals surface area contributed by atoms with Gasteiger partial charge in [-0.3, -0.25) is 4.79 Å². The highest BCUT2D eigenvalue weighted by molar-refractivity contribution is 5.85. The molecule has 0 aromatic heterocycles. The number of rotatable bonds is 3. The minimum absolute atomic E-state index is 0.335. The van der Waals surface area contributed by atoms with Gasteiger partial charge in [-0.15, -0.1) is 0 Å². The second-order valence-electron chi connectivity index (χ2n) is 3.90. The van der Waals surface area contributed by atoms with Crippen molar-refractivity contribution in [2.45, 2.75) is 33.6 Å². The van der Waals surface area contributed by atoms with Crippen molar-refractivity contribution in [2.24, 2.45) is 11.1 Å². The summed E-state index contributed by atoms with van der Waals surface area (Å²) < 4.78 is 0. The van der Waals surface area contributed by atoms with Gasteiger partial charge in [-0.25, -0.2) is 0 Å². The predicted octanol–water partition coefficient (Wildman–Crippen LogP) is 1.85. The highest BCUT2D eigenvalue weighted by atomic mass is 16.1. The highest BCUT2D eigenvalue weighted by Crippen LogP contribution is 2.20. The summed E-state index contributed by atoms with van der Waals surface area (Å²) in [4.78, 5) is 10.3. The monoisotopic (exact) mass is 155 g/mol. The van der Waals surface area contributed by atoms with Crippen LogP contribution in [0.4, 0.5) is 0 Å². The van der Waals surface area contributed by atoms with Crippen molar-refractivity contribution < 1.29 is 4.79 Å². The van der Waals surface area contributed by atoms with Crippen LogP contribution in [-0.4, -0.2) is 5.91 Å². The van der Waals surface area contributed by atoms with Gasteiger partial charge >= 0.3 is 0 Å². The van der Waals surface area contributed by atoms with Crippen LogP contribution in [0.25, 0.3) is 0 Å². The second-order valence-corrected chi connectivity index (χ2v) is 3.90. The van der Waals surface area contributed by atoms with E-state index in [0.717, 1.165) is 12.8 Å². The van der Waals surface area contributed by atoms with Gasteiger partial charge in [0.25, 0.3) is 0 Å². The first-order chi connectivity index (χ1) is 4.92. The zero-order chi connectivity index (χ0) is 8.91. The molecule has 0 aliphatic heterocycles. The number of amides is 1. The van der Waals surface area contributed by atoms with Crippen LogP contribution in [-0.2, 0) is 4.79 Å². The number of hydrogen-bond donors (Lipinski definition) is 1. The second kappa shape index (κ2) is 4.16. The van der Waals surface area contributed by atoms with Crippen molar-refractivity contribution in [3.63, 3.8) is 0 Å². The zero-order valence-electron chi connectivity index (χ0n) is 7.55. The number of primary amides is 1. The molecule has 0 unspecified atom stereocenters. The lowest BCUT2D eigenvalue weighted by atomic mass is 9.90. The van der Waals surface area contributed by atoms with Crippen LogP contribution in [0.5, 0.6) is 0 Å². The molecule has 2 nitrogen and oxygen atoms in total. The van der Waals surface area contributed by atoms with Gasteiger partial charge in [-0.05, 0) is 24.3 Å². The minimum Gasteiger partial charge on any atom is -0.366 e. The lowest BCUT2D eigenvalue weighted by Crippen LogP contribution is -2.06. The third-order valence-electron chi connectivity index (χ3n) is 1.34. The Kier molecular flexibility index (Phi) is 3.86. The molecule has 0 aliphatic rings. The summed E-state index contributed by atoms with van der Waals surface area (Å²) in [5, 5.41) is 0. The molecule has 0 radical (unpaired) electrons. The maximum atomic E-state index is 10.3. The topological polar surface area (TPSA) is 43.1 Å². The van der Waals surface area contributed by atoms with Gasteiger partial charge in [0.1, 0.15) is 0 Å². The number of hydrogen-bond acceptors (Lipinski definition) is 1. The summed E-state index contributed by atoms with van der Waals surface area (Å²) in [6, 6.07) is 0. The van der Waals surface area contributed by atoms with Crippen LogP contribution in [0.1, 0.15) is 33.6 Å². The van der Waals surface area contributed by atoms with Crippen LogP contribution >= 0.6 is 0 Å². The molecule has 2 heteroatoms. The summed E-state index contributed by atoms with van der Waals surface area (Å²) in [6.07, 6.45) is 5.25. The van der Waals surface area contributed by atoms with Crippen molar-refractivity contribution in [1.82, 2.24) is 0 Å². The van der Waals surface area contributed by atoms with Crippen molar-refractivity contribution in [1.29, 1.82) is 0 Å². The molecule has 0 saturated carbocycles. The van der Waals surface area contributed by atoms with Gasteiger partial charge in [0.2, 0.25) is 5.91 Å². The van der Waals surface area contributed by atoms with E-state index < -0.39 is 0 Å². The maximum absolute atomic E-state index is 10.3. The molecule has 2 N–H and O–H groups in total. The Hall–Kier alpha value is -0.790. The van der Waals surface area contributed by atoms with Crippen molar-refractivity contribution in [2.75, 3.05) is 0 Å². The predicted molar refractivity (Wildman–Crippen MR) is 47.0 cm³/mol. The summed E-state index contributed by atoms with van der Waals surface area (Å²) in [7, 11) is 0. The molecular formula is C9H17NO. The van der Waals surface area contributed by atoms with E-state index in [4.69, 9.17) is 5.73 Å². The Labute approximate surface area is 68.5 Å². The Morgan fingerprint density at radius 1 is 1.45 bits per heavy atom. The summed E-state index contributed by atoms with van der Waals surface area (Å²) in [5.74, 6) is -0.362. The molecule has 0 atom stereocenters. The lowest BCUT2D eigenvalue weighted by Gasteiger charge is -2.15. The Balaban J connectivity index is 3.50. The summed E-state index contributed by atoms with van der Waals surface area (Å²) >= 11 is 0. The largest absolute Gasteiger partial charge is 0.366 e. The molecular weight excluding hydrogens is 138 g/mol. The quantitative estimate of drug-likeness (QED) is 0.621. The average molecular weight is 155 g/mol. The molecule has 0 heterocycles. The SMILES string of the molecule is CC(C)(C)CC/C=C/C(N)=O. The summed E-state index contributed by atoms with van der Waals surface area (Å²) in [6.45, 7) is 6.52. The van der Waals surface area contributed by atoms with E-state index in [-0.39, 0.29) is 5.91 Å².